The van der Waals surface area contributed by atoms with Gasteiger partial charge in [0.05, 0.1) is 6.20 Å². The molecule has 0 unspecified atom stereocenters. The molecule has 1 aliphatic rings. The van der Waals surface area contributed by atoms with E-state index in [1.54, 1.807) is 18.4 Å². The van der Waals surface area contributed by atoms with Crippen molar-refractivity contribution in [3.8, 4) is 0 Å². The van der Waals surface area contributed by atoms with Crippen LogP contribution < -0.4 is 5.56 Å². The summed E-state index contributed by atoms with van der Waals surface area (Å²) in [5.41, 5.74) is 1.74. The molecule has 0 aromatic carbocycles. The Morgan fingerprint density at radius 1 is 1.44 bits per heavy atom. The second-order valence-corrected chi connectivity index (χ2v) is 6.44. The highest BCUT2D eigenvalue weighted by molar-refractivity contribution is 7.19. The van der Waals surface area contributed by atoms with Crippen molar-refractivity contribution in [2.24, 2.45) is 12.5 Å². The largest absolute Gasteiger partial charge is 0.284 e. The number of fused-ring (bicyclic) bond motifs is 3. The molecule has 2 heterocycles. The Hall–Kier alpha value is -1.16. The van der Waals surface area contributed by atoms with Crippen molar-refractivity contribution in [3.05, 3.63) is 27.0 Å². The highest BCUT2D eigenvalue weighted by Crippen LogP contribution is 2.43. The van der Waals surface area contributed by atoms with Gasteiger partial charge in [0.15, 0.2) is 0 Å². The second kappa shape index (κ2) is 2.94. The van der Waals surface area contributed by atoms with Gasteiger partial charge in [0.25, 0.3) is 5.56 Å². The maximum absolute atomic E-state index is 11.9. The van der Waals surface area contributed by atoms with E-state index in [4.69, 9.17) is 0 Å². The summed E-state index contributed by atoms with van der Waals surface area (Å²) >= 11 is 1.66. The van der Waals surface area contributed by atoms with Crippen LogP contribution in [-0.2, 0) is 19.9 Å². The topological polar surface area (TPSA) is 34.9 Å². The van der Waals surface area contributed by atoms with Gasteiger partial charge in [-0.05, 0) is 23.8 Å². The monoisotopic (exact) mass is 234 g/mol. The maximum Gasteiger partial charge on any atom is 0.284 e. The van der Waals surface area contributed by atoms with Gasteiger partial charge in [-0.25, -0.2) is 4.68 Å². The summed E-state index contributed by atoms with van der Waals surface area (Å²) in [6.07, 6.45) is 4.00. The third-order valence-corrected chi connectivity index (χ3v) is 4.51. The molecule has 0 aliphatic heterocycles. The van der Waals surface area contributed by atoms with Crippen molar-refractivity contribution >= 4 is 21.4 Å². The number of hydrogen-bond donors (Lipinski definition) is 0. The first kappa shape index (κ1) is 10.0. The number of aryl methyl sites for hydroxylation is 1. The Morgan fingerprint density at radius 2 is 2.19 bits per heavy atom. The fourth-order valence-electron chi connectivity index (χ4n) is 2.48. The smallest absolute Gasteiger partial charge is 0.266 e. The van der Waals surface area contributed by atoms with Crippen molar-refractivity contribution in [1.82, 2.24) is 9.78 Å². The van der Waals surface area contributed by atoms with Crippen LogP contribution in [0.15, 0.2) is 11.0 Å². The minimum Gasteiger partial charge on any atom is -0.266 e. The molecule has 0 amide bonds. The van der Waals surface area contributed by atoms with Crippen LogP contribution in [-0.4, -0.2) is 9.78 Å². The predicted octanol–water partition coefficient (Wildman–Crippen LogP) is 2.12. The second-order valence-electron chi connectivity index (χ2n) is 5.34. The normalized spacial score (nSPS) is 17.9. The minimum atomic E-state index is 0.0368. The minimum absolute atomic E-state index is 0.0368. The lowest BCUT2D eigenvalue weighted by atomic mass is 9.90. The molecular weight excluding hydrogens is 220 g/mol. The van der Waals surface area contributed by atoms with E-state index in [-0.39, 0.29) is 5.56 Å². The van der Waals surface area contributed by atoms with E-state index in [1.165, 1.54) is 15.1 Å². The summed E-state index contributed by atoms with van der Waals surface area (Å²) in [4.78, 5) is 13.3. The van der Waals surface area contributed by atoms with E-state index in [9.17, 15) is 4.79 Å². The zero-order valence-corrected chi connectivity index (χ0v) is 10.5. The molecule has 0 bridgehead atoms. The molecule has 0 atom stereocenters. The lowest BCUT2D eigenvalue weighted by molar-refractivity contribution is 0.394. The van der Waals surface area contributed by atoms with Crippen molar-refractivity contribution in [2.45, 2.75) is 26.7 Å². The Balaban J connectivity index is 2.33. The molecule has 84 valence electrons. The molecule has 1 aliphatic carbocycles. The molecule has 0 radical (unpaired) electrons. The Bertz CT molecular complexity index is 636. The van der Waals surface area contributed by atoms with Gasteiger partial charge in [-0.3, -0.25) is 4.79 Å². The van der Waals surface area contributed by atoms with E-state index in [1.807, 2.05) is 6.20 Å². The number of aromatic nitrogens is 2. The van der Waals surface area contributed by atoms with Gasteiger partial charge >= 0.3 is 0 Å². The van der Waals surface area contributed by atoms with Gasteiger partial charge in [-0.1, -0.05) is 13.8 Å². The van der Waals surface area contributed by atoms with E-state index < -0.39 is 0 Å². The first-order valence-electron chi connectivity index (χ1n) is 5.44. The zero-order chi connectivity index (χ0) is 11.5. The third-order valence-electron chi connectivity index (χ3n) is 3.27. The summed E-state index contributed by atoms with van der Waals surface area (Å²) in [6.45, 7) is 4.56. The predicted molar refractivity (Wildman–Crippen MR) is 66.1 cm³/mol. The van der Waals surface area contributed by atoms with Crippen molar-refractivity contribution in [3.63, 3.8) is 0 Å². The molecule has 3 nitrogen and oxygen atoms in total. The van der Waals surface area contributed by atoms with Gasteiger partial charge in [-0.15, -0.1) is 11.3 Å². The average Bonchev–Trinajstić information content (AvgIpc) is 2.64. The summed E-state index contributed by atoms with van der Waals surface area (Å²) in [5, 5.41) is 5.19. The molecule has 0 saturated heterocycles. The summed E-state index contributed by atoms with van der Waals surface area (Å²) in [5.74, 6) is 0. The van der Waals surface area contributed by atoms with Crippen molar-refractivity contribution in [2.75, 3.05) is 0 Å². The first-order chi connectivity index (χ1) is 7.48. The average molecular weight is 234 g/mol. The third kappa shape index (κ3) is 1.26. The summed E-state index contributed by atoms with van der Waals surface area (Å²) in [7, 11) is 1.70. The molecule has 0 N–H and O–H groups in total. The number of hydrogen-bond acceptors (Lipinski definition) is 3. The SMILES string of the molecule is Cn1ncc2c3c(sc2c1=O)CC(C)(C)C3. The van der Waals surface area contributed by atoms with Crippen LogP contribution in [0.1, 0.15) is 24.3 Å². The number of rotatable bonds is 0. The lowest BCUT2D eigenvalue weighted by Crippen LogP contribution is -2.18. The zero-order valence-electron chi connectivity index (χ0n) is 9.70. The summed E-state index contributed by atoms with van der Waals surface area (Å²) in [6, 6.07) is 0. The standard InChI is InChI=1S/C12H14N2OS/c1-12(2)4-7-8-6-13-14(3)11(15)10(8)16-9(7)5-12/h6H,4-5H2,1-3H3. The molecule has 3 rings (SSSR count). The van der Waals surface area contributed by atoms with Crippen LogP contribution >= 0.6 is 11.3 Å². The van der Waals surface area contributed by atoms with Crippen molar-refractivity contribution in [1.29, 1.82) is 0 Å². The number of nitrogens with zero attached hydrogens (tertiary/aromatic N) is 2. The molecule has 0 spiro atoms. The van der Waals surface area contributed by atoms with Gasteiger partial charge in [0.1, 0.15) is 4.70 Å². The maximum atomic E-state index is 11.9. The molecule has 0 saturated carbocycles. The fourth-order valence-corrected chi connectivity index (χ4v) is 4.00. The van der Waals surface area contributed by atoms with Crippen LogP contribution in [0.4, 0.5) is 0 Å². The van der Waals surface area contributed by atoms with Crippen LogP contribution in [0.25, 0.3) is 10.1 Å². The van der Waals surface area contributed by atoms with Crippen LogP contribution in [0.3, 0.4) is 0 Å². The molecule has 4 heteroatoms. The number of thiophene rings is 1. The van der Waals surface area contributed by atoms with E-state index in [0.29, 0.717) is 5.41 Å². The summed E-state index contributed by atoms with van der Waals surface area (Å²) < 4.78 is 2.29. The van der Waals surface area contributed by atoms with Gasteiger partial charge < -0.3 is 0 Å². The Labute approximate surface area is 97.7 Å². The van der Waals surface area contributed by atoms with E-state index in [2.05, 4.69) is 18.9 Å². The molecule has 2 aromatic heterocycles. The Kier molecular flexibility index (Phi) is 1.84. The first-order valence-corrected chi connectivity index (χ1v) is 6.26. The van der Waals surface area contributed by atoms with Gasteiger partial charge in [0, 0.05) is 17.3 Å². The molecule has 0 fully saturated rings. The highest BCUT2D eigenvalue weighted by atomic mass is 32.1. The van der Waals surface area contributed by atoms with E-state index in [0.717, 1.165) is 22.9 Å². The molecule has 16 heavy (non-hydrogen) atoms. The Morgan fingerprint density at radius 3 is 2.94 bits per heavy atom. The van der Waals surface area contributed by atoms with Crippen LogP contribution in [0.2, 0.25) is 0 Å². The lowest BCUT2D eigenvalue weighted by Gasteiger charge is -2.15. The van der Waals surface area contributed by atoms with Gasteiger partial charge in [-0.2, -0.15) is 5.10 Å². The molecule has 2 aromatic rings. The van der Waals surface area contributed by atoms with Gasteiger partial charge in [0.2, 0.25) is 0 Å². The fraction of sp³-hybridized carbons (Fsp3) is 0.500. The van der Waals surface area contributed by atoms with Crippen LogP contribution in [0, 0.1) is 5.41 Å². The van der Waals surface area contributed by atoms with E-state index >= 15 is 0 Å². The molecular formula is C12H14N2OS. The highest BCUT2D eigenvalue weighted by Gasteiger charge is 2.32. The van der Waals surface area contributed by atoms with Crippen molar-refractivity contribution < 1.29 is 0 Å². The quantitative estimate of drug-likeness (QED) is 0.700. The van der Waals surface area contributed by atoms with Crippen LogP contribution in [0.5, 0.6) is 0 Å².